The Hall–Kier alpha value is -1.52. The largest absolute Gasteiger partial charge is 0.326 e. The number of benzene rings is 2. The van der Waals surface area contributed by atoms with Crippen LogP contribution in [0.15, 0.2) is 41.3 Å². The molecule has 1 amide bonds. The summed E-state index contributed by atoms with van der Waals surface area (Å²) in [7, 11) is 0. The number of thioether (sulfide) groups is 1. The van der Waals surface area contributed by atoms with Crippen LogP contribution in [0.25, 0.3) is 11.1 Å². The van der Waals surface area contributed by atoms with E-state index in [1.54, 1.807) is 17.8 Å². The Morgan fingerprint density at radius 1 is 1.25 bits per heavy atom. The minimum absolute atomic E-state index is 0.266. The molecule has 0 saturated carbocycles. The van der Waals surface area contributed by atoms with Gasteiger partial charge in [-0.1, -0.05) is 23.7 Å². The summed E-state index contributed by atoms with van der Waals surface area (Å²) in [5.41, 5.74) is 1.40. The average Bonchev–Trinajstić information content (AvgIpc) is 2.38. The van der Waals surface area contributed by atoms with Crippen molar-refractivity contribution in [3.63, 3.8) is 0 Å². The molecule has 2 aromatic carbocycles. The van der Waals surface area contributed by atoms with Crippen LogP contribution in [0.2, 0.25) is 5.02 Å². The van der Waals surface area contributed by atoms with E-state index in [2.05, 4.69) is 5.32 Å². The smallest absolute Gasteiger partial charge is 0.221 e. The average molecular weight is 310 g/mol. The molecule has 0 aliphatic heterocycles. The number of halogens is 2. The minimum Gasteiger partial charge on any atom is -0.326 e. The SMILES string of the molecule is CSc1ccc(-c2c(F)cc(NC(C)=O)cc2Cl)cc1. The van der Waals surface area contributed by atoms with Gasteiger partial charge in [0.05, 0.1) is 5.02 Å². The predicted octanol–water partition coefficient (Wildman–Crippen LogP) is 4.83. The van der Waals surface area contributed by atoms with Crippen molar-refractivity contribution in [3.05, 3.63) is 47.2 Å². The van der Waals surface area contributed by atoms with Crippen LogP contribution in [0.4, 0.5) is 10.1 Å². The van der Waals surface area contributed by atoms with E-state index >= 15 is 0 Å². The van der Waals surface area contributed by atoms with Crippen molar-refractivity contribution in [3.8, 4) is 11.1 Å². The number of hydrogen-bond acceptors (Lipinski definition) is 2. The molecule has 2 nitrogen and oxygen atoms in total. The Bertz CT molecular complexity index is 620. The van der Waals surface area contributed by atoms with Gasteiger partial charge in [0.15, 0.2) is 0 Å². The van der Waals surface area contributed by atoms with Crippen LogP contribution in [-0.4, -0.2) is 12.2 Å². The summed E-state index contributed by atoms with van der Waals surface area (Å²) in [4.78, 5) is 12.1. The van der Waals surface area contributed by atoms with E-state index in [0.717, 1.165) is 4.90 Å². The Labute approximate surface area is 126 Å². The normalized spacial score (nSPS) is 10.4. The number of carbonyl (C=O) groups excluding carboxylic acids is 1. The number of rotatable bonds is 3. The quantitative estimate of drug-likeness (QED) is 0.823. The van der Waals surface area contributed by atoms with Crippen LogP contribution >= 0.6 is 23.4 Å². The maximum Gasteiger partial charge on any atom is 0.221 e. The van der Waals surface area contributed by atoms with Gasteiger partial charge in [-0.2, -0.15) is 0 Å². The molecular weight excluding hydrogens is 297 g/mol. The summed E-state index contributed by atoms with van der Waals surface area (Å²) in [6.45, 7) is 1.36. The monoisotopic (exact) mass is 309 g/mol. The molecule has 2 rings (SSSR count). The Morgan fingerprint density at radius 2 is 1.90 bits per heavy atom. The molecule has 1 N–H and O–H groups in total. The van der Waals surface area contributed by atoms with Gasteiger partial charge in [0.25, 0.3) is 0 Å². The lowest BCUT2D eigenvalue weighted by Gasteiger charge is -2.10. The van der Waals surface area contributed by atoms with Crippen LogP contribution in [0.5, 0.6) is 0 Å². The van der Waals surface area contributed by atoms with E-state index in [1.165, 1.54) is 13.0 Å². The van der Waals surface area contributed by atoms with Crippen molar-refractivity contribution in [2.45, 2.75) is 11.8 Å². The first kappa shape index (κ1) is 14.9. The molecule has 104 valence electrons. The zero-order valence-corrected chi connectivity index (χ0v) is 12.6. The first-order chi connectivity index (χ1) is 9.51. The summed E-state index contributed by atoms with van der Waals surface area (Å²) >= 11 is 7.75. The fraction of sp³-hybridized carbons (Fsp3) is 0.133. The van der Waals surface area contributed by atoms with E-state index < -0.39 is 5.82 Å². The first-order valence-electron chi connectivity index (χ1n) is 5.92. The molecule has 0 aliphatic carbocycles. The lowest BCUT2D eigenvalue weighted by Crippen LogP contribution is -2.06. The Kier molecular flexibility index (Phi) is 4.68. The Morgan fingerprint density at radius 3 is 2.40 bits per heavy atom. The number of nitrogens with one attached hydrogen (secondary N) is 1. The van der Waals surface area contributed by atoms with E-state index in [9.17, 15) is 9.18 Å². The molecule has 5 heteroatoms. The molecule has 2 aromatic rings. The summed E-state index contributed by atoms with van der Waals surface area (Å²) in [6.07, 6.45) is 1.98. The lowest BCUT2D eigenvalue weighted by atomic mass is 10.0. The molecule has 0 aliphatic rings. The van der Waals surface area contributed by atoms with Crippen LogP contribution in [0, 0.1) is 5.82 Å². The lowest BCUT2D eigenvalue weighted by molar-refractivity contribution is -0.114. The topological polar surface area (TPSA) is 29.1 Å². The number of hydrogen-bond donors (Lipinski definition) is 1. The van der Waals surface area contributed by atoms with Crippen LogP contribution in [0.3, 0.4) is 0 Å². The predicted molar refractivity (Wildman–Crippen MR) is 82.9 cm³/mol. The van der Waals surface area contributed by atoms with E-state index in [4.69, 9.17) is 11.6 Å². The highest BCUT2D eigenvalue weighted by atomic mass is 35.5. The molecule has 0 spiro atoms. The fourth-order valence-corrected chi connectivity index (χ4v) is 2.61. The zero-order valence-electron chi connectivity index (χ0n) is 11.0. The van der Waals surface area contributed by atoms with E-state index in [1.807, 2.05) is 30.5 Å². The van der Waals surface area contributed by atoms with Gasteiger partial charge in [0, 0.05) is 23.1 Å². The van der Waals surface area contributed by atoms with Crippen molar-refractivity contribution in [2.75, 3.05) is 11.6 Å². The molecule has 0 heterocycles. The second kappa shape index (κ2) is 6.29. The van der Waals surface area contributed by atoms with Crippen molar-refractivity contribution in [1.82, 2.24) is 0 Å². The highest BCUT2D eigenvalue weighted by molar-refractivity contribution is 7.98. The van der Waals surface area contributed by atoms with Crippen LogP contribution in [-0.2, 0) is 4.79 Å². The molecule has 0 saturated heterocycles. The van der Waals surface area contributed by atoms with Gasteiger partial charge in [0.1, 0.15) is 5.82 Å². The number of amides is 1. The van der Waals surface area contributed by atoms with Crippen molar-refractivity contribution in [2.24, 2.45) is 0 Å². The molecule has 0 atom stereocenters. The third-order valence-corrected chi connectivity index (χ3v) is 3.78. The molecule has 0 aromatic heterocycles. The standard InChI is InChI=1S/C15H13ClFNOS/c1-9(19)18-11-7-13(16)15(14(17)8-11)10-3-5-12(20-2)6-4-10/h3-8H,1-2H3,(H,18,19). The Balaban J connectivity index is 2.43. The van der Waals surface area contributed by atoms with Crippen molar-refractivity contribution < 1.29 is 9.18 Å². The molecule has 20 heavy (non-hydrogen) atoms. The van der Waals surface area contributed by atoms with Crippen LogP contribution in [0.1, 0.15) is 6.92 Å². The zero-order chi connectivity index (χ0) is 14.7. The summed E-state index contributed by atoms with van der Waals surface area (Å²) in [5.74, 6) is -0.726. The van der Waals surface area contributed by atoms with Crippen molar-refractivity contribution in [1.29, 1.82) is 0 Å². The highest BCUT2D eigenvalue weighted by Gasteiger charge is 2.12. The second-order valence-corrected chi connectivity index (χ2v) is 5.51. The van der Waals surface area contributed by atoms with Gasteiger partial charge >= 0.3 is 0 Å². The fourth-order valence-electron chi connectivity index (χ4n) is 1.88. The number of carbonyl (C=O) groups is 1. The second-order valence-electron chi connectivity index (χ2n) is 4.22. The van der Waals surface area contributed by atoms with Gasteiger partial charge in [-0.25, -0.2) is 4.39 Å². The van der Waals surface area contributed by atoms with Gasteiger partial charge < -0.3 is 5.32 Å². The van der Waals surface area contributed by atoms with Gasteiger partial charge in [-0.3, -0.25) is 4.79 Å². The number of anilines is 1. The summed E-state index contributed by atoms with van der Waals surface area (Å²) in [6, 6.07) is 10.3. The third kappa shape index (κ3) is 3.32. The summed E-state index contributed by atoms with van der Waals surface area (Å²) in [5, 5.41) is 2.79. The van der Waals surface area contributed by atoms with E-state index in [0.29, 0.717) is 16.8 Å². The maximum absolute atomic E-state index is 14.2. The van der Waals surface area contributed by atoms with Gasteiger partial charge in [0.2, 0.25) is 5.91 Å². The maximum atomic E-state index is 14.2. The van der Waals surface area contributed by atoms with Crippen molar-refractivity contribution >= 4 is 35.0 Å². The molecule has 0 bridgehead atoms. The molecule has 0 unspecified atom stereocenters. The first-order valence-corrected chi connectivity index (χ1v) is 7.52. The molecular formula is C15H13ClFNOS. The van der Waals surface area contributed by atoms with Crippen LogP contribution < -0.4 is 5.32 Å². The highest BCUT2D eigenvalue weighted by Crippen LogP contribution is 2.34. The van der Waals surface area contributed by atoms with Gasteiger partial charge in [-0.15, -0.1) is 11.8 Å². The summed E-state index contributed by atoms with van der Waals surface area (Å²) < 4.78 is 14.2. The van der Waals surface area contributed by atoms with Gasteiger partial charge in [-0.05, 0) is 36.1 Å². The minimum atomic E-state index is -0.460. The van der Waals surface area contributed by atoms with E-state index in [-0.39, 0.29) is 10.9 Å². The molecule has 0 radical (unpaired) electrons. The third-order valence-electron chi connectivity index (χ3n) is 2.74. The molecule has 0 fully saturated rings.